The summed E-state index contributed by atoms with van der Waals surface area (Å²) < 4.78 is 6.32. The van der Waals surface area contributed by atoms with E-state index in [1.807, 2.05) is 12.1 Å². The Hall–Kier alpha value is -0.610. The van der Waals surface area contributed by atoms with Gasteiger partial charge < -0.3 is 10.1 Å². The van der Waals surface area contributed by atoms with Gasteiger partial charge in [0.25, 0.3) is 0 Å². The van der Waals surface area contributed by atoms with Gasteiger partial charge in [0, 0.05) is 25.3 Å². The summed E-state index contributed by atoms with van der Waals surface area (Å²) in [7, 11) is 0. The number of ether oxygens (including phenoxy) is 1. The smallest absolute Gasteiger partial charge is 0.140 e. The molecule has 76 valence electrons. The number of pyridine rings is 1. The first-order valence-electron chi connectivity index (χ1n) is 4.78. The van der Waals surface area contributed by atoms with Gasteiger partial charge in [0.2, 0.25) is 0 Å². The largest absolute Gasteiger partial charge is 0.381 e. The Morgan fingerprint density at radius 3 is 3.29 bits per heavy atom. The Morgan fingerprint density at radius 1 is 1.64 bits per heavy atom. The second kappa shape index (κ2) is 4.75. The van der Waals surface area contributed by atoms with Crippen molar-refractivity contribution in [3.8, 4) is 0 Å². The van der Waals surface area contributed by atoms with Crippen molar-refractivity contribution in [3.05, 3.63) is 22.8 Å². The van der Waals surface area contributed by atoms with Crippen molar-refractivity contribution < 1.29 is 4.74 Å². The standard InChI is InChI=1S/C10H13BrN2O/c11-9-2-1-4-12-10(9)13-6-8-3-5-14-7-8/h1-2,4,8H,3,5-7H2,(H,12,13). The lowest BCUT2D eigenvalue weighted by atomic mass is 10.1. The van der Waals surface area contributed by atoms with Gasteiger partial charge in [-0.05, 0) is 34.5 Å². The number of aromatic nitrogens is 1. The molecule has 3 nitrogen and oxygen atoms in total. The first-order chi connectivity index (χ1) is 6.86. The van der Waals surface area contributed by atoms with Crippen molar-refractivity contribution in [2.45, 2.75) is 6.42 Å². The number of nitrogens with one attached hydrogen (secondary N) is 1. The van der Waals surface area contributed by atoms with E-state index >= 15 is 0 Å². The van der Waals surface area contributed by atoms with Gasteiger partial charge in [0.05, 0.1) is 11.1 Å². The Bertz CT molecular complexity index is 300. The third-order valence-electron chi connectivity index (χ3n) is 2.34. The first-order valence-corrected chi connectivity index (χ1v) is 5.57. The number of anilines is 1. The zero-order valence-electron chi connectivity index (χ0n) is 7.87. The molecule has 1 saturated heterocycles. The van der Waals surface area contributed by atoms with Crippen LogP contribution in [0.4, 0.5) is 5.82 Å². The van der Waals surface area contributed by atoms with Crippen LogP contribution in [0.3, 0.4) is 0 Å². The van der Waals surface area contributed by atoms with E-state index in [4.69, 9.17) is 4.74 Å². The molecule has 1 aromatic heterocycles. The number of halogens is 1. The van der Waals surface area contributed by atoms with Gasteiger partial charge in [-0.25, -0.2) is 4.98 Å². The summed E-state index contributed by atoms with van der Waals surface area (Å²) in [5.74, 6) is 1.54. The van der Waals surface area contributed by atoms with Gasteiger partial charge in [-0.3, -0.25) is 0 Å². The third kappa shape index (κ3) is 2.45. The Morgan fingerprint density at radius 2 is 2.57 bits per heavy atom. The van der Waals surface area contributed by atoms with E-state index in [2.05, 4.69) is 26.2 Å². The molecule has 0 aromatic carbocycles. The zero-order chi connectivity index (χ0) is 9.80. The Labute approximate surface area is 92.0 Å². The van der Waals surface area contributed by atoms with E-state index in [1.165, 1.54) is 0 Å². The molecule has 2 rings (SSSR count). The van der Waals surface area contributed by atoms with Crippen molar-refractivity contribution in [1.29, 1.82) is 0 Å². The molecular formula is C10H13BrN2O. The Kier molecular flexibility index (Phi) is 3.37. The van der Waals surface area contributed by atoms with Crippen LogP contribution in [-0.4, -0.2) is 24.7 Å². The van der Waals surface area contributed by atoms with Crippen LogP contribution in [0.5, 0.6) is 0 Å². The van der Waals surface area contributed by atoms with Gasteiger partial charge in [-0.2, -0.15) is 0 Å². The van der Waals surface area contributed by atoms with E-state index in [-0.39, 0.29) is 0 Å². The minimum Gasteiger partial charge on any atom is -0.381 e. The molecule has 1 N–H and O–H groups in total. The van der Waals surface area contributed by atoms with Crippen molar-refractivity contribution in [1.82, 2.24) is 4.98 Å². The van der Waals surface area contributed by atoms with Crippen LogP contribution in [-0.2, 0) is 4.74 Å². The Balaban J connectivity index is 1.88. The quantitative estimate of drug-likeness (QED) is 0.902. The predicted octanol–water partition coefficient (Wildman–Crippen LogP) is 2.29. The van der Waals surface area contributed by atoms with Crippen LogP contribution in [0, 0.1) is 5.92 Å². The molecule has 4 heteroatoms. The number of hydrogen-bond donors (Lipinski definition) is 1. The molecular weight excluding hydrogens is 244 g/mol. The molecule has 1 fully saturated rings. The third-order valence-corrected chi connectivity index (χ3v) is 2.98. The van der Waals surface area contributed by atoms with Gasteiger partial charge in [0.15, 0.2) is 0 Å². The van der Waals surface area contributed by atoms with Crippen molar-refractivity contribution in [2.24, 2.45) is 5.92 Å². The van der Waals surface area contributed by atoms with Crippen LogP contribution < -0.4 is 5.32 Å². The normalized spacial score (nSPS) is 21.1. The molecule has 14 heavy (non-hydrogen) atoms. The summed E-state index contributed by atoms with van der Waals surface area (Å²) in [5.41, 5.74) is 0. The lowest BCUT2D eigenvalue weighted by Gasteiger charge is -2.10. The molecule has 1 aromatic rings. The van der Waals surface area contributed by atoms with E-state index in [0.717, 1.165) is 36.5 Å². The summed E-state index contributed by atoms with van der Waals surface area (Å²) in [4.78, 5) is 4.24. The molecule has 0 spiro atoms. The molecule has 0 saturated carbocycles. The van der Waals surface area contributed by atoms with E-state index in [0.29, 0.717) is 5.92 Å². The maximum Gasteiger partial charge on any atom is 0.140 e. The second-order valence-electron chi connectivity index (χ2n) is 3.44. The highest BCUT2D eigenvalue weighted by Crippen LogP contribution is 2.20. The van der Waals surface area contributed by atoms with E-state index in [1.54, 1.807) is 6.20 Å². The van der Waals surface area contributed by atoms with Crippen LogP contribution in [0.25, 0.3) is 0 Å². The maximum absolute atomic E-state index is 5.30. The van der Waals surface area contributed by atoms with Crippen LogP contribution in [0.1, 0.15) is 6.42 Å². The van der Waals surface area contributed by atoms with Crippen molar-refractivity contribution in [3.63, 3.8) is 0 Å². The molecule has 0 radical (unpaired) electrons. The lowest BCUT2D eigenvalue weighted by Crippen LogP contribution is -2.14. The molecule has 0 aliphatic carbocycles. The lowest BCUT2D eigenvalue weighted by molar-refractivity contribution is 0.187. The number of hydrogen-bond acceptors (Lipinski definition) is 3. The highest BCUT2D eigenvalue weighted by Gasteiger charge is 2.15. The van der Waals surface area contributed by atoms with Crippen molar-refractivity contribution in [2.75, 3.05) is 25.1 Å². The molecule has 2 heterocycles. The minimum absolute atomic E-state index is 0.629. The van der Waals surface area contributed by atoms with Crippen molar-refractivity contribution >= 4 is 21.7 Å². The fourth-order valence-electron chi connectivity index (χ4n) is 1.50. The molecule has 0 amide bonds. The van der Waals surface area contributed by atoms with Crippen LogP contribution in [0.2, 0.25) is 0 Å². The summed E-state index contributed by atoms with van der Waals surface area (Å²) in [5, 5.41) is 3.32. The monoisotopic (exact) mass is 256 g/mol. The van der Waals surface area contributed by atoms with Crippen LogP contribution >= 0.6 is 15.9 Å². The van der Waals surface area contributed by atoms with Gasteiger partial charge >= 0.3 is 0 Å². The molecule has 0 bridgehead atoms. The zero-order valence-corrected chi connectivity index (χ0v) is 9.46. The number of rotatable bonds is 3. The van der Waals surface area contributed by atoms with E-state index in [9.17, 15) is 0 Å². The topological polar surface area (TPSA) is 34.2 Å². The number of nitrogens with zero attached hydrogens (tertiary/aromatic N) is 1. The molecule has 1 unspecified atom stereocenters. The first kappa shape index (κ1) is 9.93. The fourth-order valence-corrected chi connectivity index (χ4v) is 1.90. The van der Waals surface area contributed by atoms with Crippen LogP contribution in [0.15, 0.2) is 22.8 Å². The minimum atomic E-state index is 0.629. The summed E-state index contributed by atoms with van der Waals surface area (Å²) in [6.45, 7) is 2.71. The van der Waals surface area contributed by atoms with E-state index < -0.39 is 0 Å². The SMILES string of the molecule is Brc1cccnc1NCC1CCOC1. The van der Waals surface area contributed by atoms with Gasteiger partial charge in [-0.1, -0.05) is 0 Å². The average molecular weight is 257 g/mol. The fraction of sp³-hybridized carbons (Fsp3) is 0.500. The maximum atomic E-state index is 5.30. The summed E-state index contributed by atoms with van der Waals surface area (Å²) >= 11 is 3.45. The highest BCUT2D eigenvalue weighted by atomic mass is 79.9. The summed E-state index contributed by atoms with van der Waals surface area (Å²) in [6.07, 6.45) is 2.94. The second-order valence-corrected chi connectivity index (χ2v) is 4.30. The average Bonchev–Trinajstić information content (AvgIpc) is 2.69. The van der Waals surface area contributed by atoms with Gasteiger partial charge in [0.1, 0.15) is 5.82 Å². The highest BCUT2D eigenvalue weighted by molar-refractivity contribution is 9.10. The predicted molar refractivity (Wildman–Crippen MR) is 59.4 cm³/mol. The molecule has 1 aliphatic rings. The van der Waals surface area contributed by atoms with Gasteiger partial charge in [-0.15, -0.1) is 0 Å². The summed E-state index contributed by atoms with van der Waals surface area (Å²) in [6, 6.07) is 3.90. The molecule has 1 aliphatic heterocycles. The molecule has 1 atom stereocenters.